The van der Waals surface area contributed by atoms with Crippen LogP contribution in [0, 0.1) is 0 Å². The van der Waals surface area contributed by atoms with Gasteiger partial charge in [0, 0.05) is 25.6 Å². The summed E-state index contributed by atoms with van der Waals surface area (Å²) in [6, 6.07) is 2.22. The number of amides is 1. The lowest BCUT2D eigenvalue weighted by atomic mass is 10.4. The normalized spacial score (nSPS) is 14.4. The molecule has 2 rings (SSSR count). The average molecular weight is 313 g/mol. The maximum atomic E-state index is 11.7. The molecule has 1 heterocycles. The second-order valence-corrected chi connectivity index (χ2v) is 5.33. The Labute approximate surface area is 115 Å². The van der Waals surface area contributed by atoms with Gasteiger partial charge in [-0.05, 0) is 28.8 Å². The van der Waals surface area contributed by atoms with Crippen LogP contribution in [-0.2, 0) is 11.2 Å². The molecule has 0 spiro atoms. The Morgan fingerprint density at radius 3 is 2.89 bits per heavy atom. The predicted octanol–water partition coefficient (Wildman–Crippen LogP) is 1.52. The molecule has 6 heteroatoms. The lowest BCUT2D eigenvalue weighted by molar-refractivity contribution is -0.119. The van der Waals surface area contributed by atoms with Crippen molar-refractivity contribution in [2.24, 2.45) is 0 Å². The third-order valence-corrected chi connectivity index (χ3v) is 3.16. The molecule has 1 aliphatic rings. The molecule has 0 bridgehead atoms. The van der Waals surface area contributed by atoms with E-state index in [-0.39, 0.29) is 5.91 Å². The first-order valence-corrected chi connectivity index (χ1v) is 6.91. The number of hydrogen-bond donors (Lipinski definition) is 1. The number of hydrogen-bond acceptors (Lipinski definition) is 4. The van der Waals surface area contributed by atoms with Gasteiger partial charge in [-0.25, -0.2) is 9.97 Å². The predicted molar refractivity (Wildman–Crippen MR) is 73.5 cm³/mol. The number of carbonyl (C=O) groups is 1. The summed E-state index contributed by atoms with van der Waals surface area (Å²) in [5, 5.41) is 2.96. The van der Waals surface area contributed by atoms with Crippen molar-refractivity contribution in [2.75, 3.05) is 18.5 Å². The summed E-state index contributed by atoms with van der Waals surface area (Å²) in [7, 11) is 1.86. The van der Waals surface area contributed by atoms with Crippen LogP contribution in [-0.4, -0.2) is 35.5 Å². The zero-order chi connectivity index (χ0) is 13.1. The third-order valence-electron chi connectivity index (χ3n) is 2.76. The van der Waals surface area contributed by atoms with Gasteiger partial charge < -0.3 is 10.2 Å². The molecule has 0 radical (unpaired) electrons. The Hall–Kier alpha value is -1.17. The van der Waals surface area contributed by atoms with Crippen molar-refractivity contribution in [1.82, 2.24) is 15.3 Å². The van der Waals surface area contributed by atoms with E-state index in [1.165, 1.54) is 0 Å². The minimum atomic E-state index is 0.0489. The molecular weight excluding hydrogens is 296 g/mol. The summed E-state index contributed by atoms with van der Waals surface area (Å²) in [4.78, 5) is 22.2. The van der Waals surface area contributed by atoms with Crippen LogP contribution in [0.4, 0.5) is 5.82 Å². The molecule has 1 aromatic heterocycles. The third kappa shape index (κ3) is 3.66. The van der Waals surface area contributed by atoms with Gasteiger partial charge in [0.2, 0.25) is 5.91 Å². The number of carbonyl (C=O) groups excluding carboxylic acids is 1. The Morgan fingerprint density at radius 1 is 1.56 bits per heavy atom. The first kappa shape index (κ1) is 13.3. The van der Waals surface area contributed by atoms with E-state index in [1.807, 2.05) is 24.9 Å². The van der Waals surface area contributed by atoms with Gasteiger partial charge in [0.25, 0.3) is 0 Å². The highest BCUT2D eigenvalue weighted by Crippen LogP contribution is 2.19. The van der Waals surface area contributed by atoms with Gasteiger partial charge in [0.1, 0.15) is 16.2 Å². The highest BCUT2D eigenvalue weighted by Gasteiger charge is 2.23. The second-order valence-electron chi connectivity index (χ2n) is 4.52. The van der Waals surface area contributed by atoms with Crippen molar-refractivity contribution in [3.8, 4) is 0 Å². The molecule has 5 nitrogen and oxygen atoms in total. The molecule has 1 aliphatic carbocycles. The van der Waals surface area contributed by atoms with Gasteiger partial charge >= 0.3 is 0 Å². The number of halogens is 1. The first-order chi connectivity index (χ1) is 8.58. The largest absolute Gasteiger partial charge is 0.352 e. The van der Waals surface area contributed by atoms with Crippen molar-refractivity contribution in [3.05, 3.63) is 16.5 Å². The Bertz CT molecular complexity index is 448. The molecule has 0 aromatic carbocycles. The SMILES string of the molecule is CCc1nc(Br)cc(N(C)CC(=O)NC2CC2)n1. The molecule has 1 saturated carbocycles. The molecule has 1 amide bonds. The number of likely N-dealkylation sites (N-methyl/N-ethyl adjacent to an activating group) is 1. The van der Waals surface area contributed by atoms with Crippen molar-refractivity contribution < 1.29 is 4.79 Å². The summed E-state index contributed by atoms with van der Waals surface area (Å²) in [5.41, 5.74) is 0. The fourth-order valence-corrected chi connectivity index (χ4v) is 2.01. The zero-order valence-electron chi connectivity index (χ0n) is 10.6. The van der Waals surface area contributed by atoms with Crippen molar-refractivity contribution in [1.29, 1.82) is 0 Å². The van der Waals surface area contributed by atoms with E-state index in [4.69, 9.17) is 0 Å². The molecule has 0 atom stereocenters. The standard InChI is InChI=1S/C12H17BrN4O/c1-3-10-15-9(13)6-11(16-10)17(2)7-12(18)14-8-4-5-8/h6,8H,3-5,7H2,1-2H3,(H,14,18). The Balaban J connectivity index is 2.00. The molecule has 1 aromatic rings. The van der Waals surface area contributed by atoms with Gasteiger partial charge in [0.05, 0.1) is 6.54 Å². The van der Waals surface area contributed by atoms with Gasteiger partial charge in [-0.1, -0.05) is 6.92 Å². The van der Waals surface area contributed by atoms with Crippen LogP contribution in [0.5, 0.6) is 0 Å². The van der Waals surface area contributed by atoms with E-state index in [9.17, 15) is 4.79 Å². The van der Waals surface area contributed by atoms with Crippen LogP contribution in [0.2, 0.25) is 0 Å². The summed E-state index contributed by atoms with van der Waals surface area (Å²) in [6.45, 7) is 2.33. The average Bonchev–Trinajstić information content (AvgIpc) is 3.11. The number of anilines is 1. The lowest BCUT2D eigenvalue weighted by Gasteiger charge is -2.18. The summed E-state index contributed by atoms with van der Waals surface area (Å²) < 4.78 is 0.749. The van der Waals surface area contributed by atoms with E-state index in [1.54, 1.807) is 0 Å². The Kier molecular flexibility index (Phi) is 4.16. The van der Waals surface area contributed by atoms with Crippen LogP contribution in [0.3, 0.4) is 0 Å². The van der Waals surface area contributed by atoms with E-state index in [0.717, 1.165) is 35.5 Å². The second kappa shape index (κ2) is 5.65. The minimum absolute atomic E-state index is 0.0489. The van der Waals surface area contributed by atoms with Crippen molar-refractivity contribution in [2.45, 2.75) is 32.2 Å². The fraction of sp³-hybridized carbons (Fsp3) is 0.583. The van der Waals surface area contributed by atoms with Crippen LogP contribution >= 0.6 is 15.9 Å². The summed E-state index contributed by atoms with van der Waals surface area (Å²) in [6.07, 6.45) is 2.98. The molecule has 1 N–H and O–H groups in total. The van der Waals surface area contributed by atoms with Crippen LogP contribution in [0.1, 0.15) is 25.6 Å². The highest BCUT2D eigenvalue weighted by atomic mass is 79.9. The maximum absolute atomic E-state index is 11.7. The smallest absolute Gasteiger partial charge is 0.239 e. The number of nitrogens with zero attached hydrogens (tertiary/aromatic N) is 3. The zero-order valence-corrected chi connectivity index (χ0v) is 12.2. The van der Waals surface area contributed by atoms with Crippen LogP contribution in [0.15, 0.2) is 10.7 Å². The number of aromatic nitrogens is 2. The molecule has 0 unspecified atom stereocenters. The Morgan fingerprint density at radius 2 is 2.28 bits per heavy atom. The number of nitrogens with one attached hydrogen (secondary N) is 1. The van der Waals surface area contributed by atoms with E-state index in [0.29, 0.717) is 12.6 Å². The summed E-state index contributed by atoms with van der Waals surface area (Å²) >= 11 is 3.36. The minimum Gasteiger partial charge on any atom is -0.352 e. The van der Waals surface area contributed by atoms with E-state index in [2.05, 4.69) is 31.2 Å². The molecule has 0 saturated heterocycles. The van der Waals surface area contributed by atoms with Gasteiger partial charge in [-0.3, -0.25) is 4.79 Å². The van der Waals surface area contributed by atoms with Crippen molar-refractivity contribution >= 4 is 27.7 Å². The monoisotopic (exact) mass is 312 g/mol. The van der Waals surface area contributed by atoms with Crippen LogP contribution < -0.4 is 10.2 Å². The molecule has 18 heavy (non-hydrogen) atoms. The summed E-state index contributed by atoms with van der Waals surface area (Å²) in [5.74, 6) is 1.58. The lowest BCUT2D eigenvalue weighted by Crippen LogP contribution is -2.36. The number of rotatable bonds is 5. The van der Waals surface area contributed by atoms with Gasteiger partial charge in [-0.15, -0.1) is 0 Å². The fourth-order valence-electron chi connectivity index (χ4n) is 1.60. The molecule has 98 valence electrons. The van der Waals surface area contributed by atoms with E-state index >= 15 is 0 Å². The van der Waals surface area contributed by atoms with Crippen LogP contribution in [0.25, 0.3) is 0 Å². The van der Waals surface area contributed by atoms with E-state index < -0.39 is 0 Å². The van der Waals surface area contributed by atoms with Gasteiger partial charge in [0.15, 0.2) is 0 Å². The highest BCUT2D eigenvalue weighted by molar-refractivity contribution is 9.10. The molecular formula is C12H17BrN4O. The van der Waals surface area contributed by atoms with Crippen molar-refractivity contribution in [3.63, 3.8) is 0 Å². The number of aryl methyl sites for hydroxylation is 1. The topological polar surface area (TPSA) is 58.1 Å². The quantitative estimate of drug-likeness (QED) is 0.837. The molecule has 1 fully saturated rings. The molecule has 0 aliphatic heterocycles. The maximum Gasteiger partial charge on any atom is 0.239 e. The van der Waals surface area contributed by atoms with Gasteiger partial charge in [-0.2, -0.15) is 0 Å². The first-order valence-electron chi connectivity index (χ1n) is 6.12.